The number of thiophene rings is 1. The van der Waals surface area contributed by atoms with Crippen molar-refractivity contribution in [2.45, 2.75) is 33.7 Å². The second-order valence-electron chi connectivity index (χ2n) is 5.85. The summed E-state index contributed by atoms with van der Waals surface area (Å²) in [6, 6.07) is 3.52. The first-order chi connectivity index (χ1) is 9.81. The monoisotopic (exact) mass is 312 g/mol. The highest BCUT2D eigenvalue weighted by Gasteiger charge is 2.24. The summed E-state index contributed by atoms with van der Waals surface area (Å²) < 4.78 is 0. The fraction of sp³-hybridized carbons (Fsp3) is 0.600. The molecule has 0 aliphatic heterocycles. The van der Waals surface area contributed by atoms with Gasteiger partial charge in [-0.05, 0) is 23.3 Å². The Balaban J connectivity index is 2.80. The van der Waals surface area contributed by atoms with Crippen molar-refractivity contribution in [1.82, 2.24) is 10.2 Å². The molecule has 21 heavy (non-hydrogen) atoms. The first kappa shape index (κ1) is 17.5. The summed E-state index contributed by atoms with van der Waals surface area (Å²) >= 11 is 1.59. The van der Waals surface area contributed by atoms with Crippen molar-refractivity contribution in [2.75, 3.05) is 13.1 Å². The highest BCUT2D eigenvalue weighted by Crippen LogP contribution is 2.26. The molecule has 0 radical (unpaired) electrons. The van der Waals surface area contributed by atoms with E-state index in [1.54, 1.807) is 11.3 Å². The average molecular weight is 312 g/mol. The van der Waals surface area contributed by atoms with Crippen LogP contribution < -0.4 is 5.32 Å². The molecule has 1 heterocycles. The molecule has 1 unspecified atom stereocenters. The van der Waals surface area contributed by atoms with Gasteiger partial charge in [0.15, 0.2) is 0 Å². The highest BCUT2D eigenvalue weighted by molar-refractivity contribution is 7.10. The van der Waals surface area contributed by atoms with Crippen molar-refractivity contribution in [2.24, 2.45) is 11.8 Å². The van der Waals surface area contributed by atoms with Gasteiger partial charge in [0, 0.05) is 11.4 Å². The van der Waals surface area contributed by atoms with Gasteiger partial charge < -0.3 is 15.3 Å². The van der Waals surface area contributed by atoms with E-state index in [0.717, 1.165) is 4.88 Å². The molecule has 1 atom stereocenters. The Kier molecular flexibility index (Phi) is 6.68. The Morgan fingerprint density at radius 1 is 1.33 bits per heavy atom. The minimum Gasteiger partial charge on any atom is -0.480 e. The smallest absolute Gasteiger partial charge is 0.323 e. The summed E-state index contributed by atoms with van der Waals surface area (Å²) in [6.45, 7) is 8.14. The molecule has 1 aromatic rings. The lowest BCUT2D eigenvalue weighted by Crippen LogP contribution is -2.46. The maximum Gasteiger partial charge on any atom is 0.323 e. The lowest BCUT2D eigenvalue weighted by molar-refractivity contribution is -0.137. The van der Waals surface area contributed by atoms with E-state index in [9.17, 15) is 9.59 Å². The molecular weight excluding hydrogens is 288 g/mol. The van der Waals surface area contributed by atoms with Gasteiger partial charge in [-0.25, -0.2) is 4.79 Å². The van der Waals surface area contributed by atoms with Crippen LogP contribution in [0.25, 0.3) is 0 Å². The average Bonchev–Trinajstić information content (AvgIpc) is 2.86. The third-order valence-electron chi connectivity index (χ3n) is 2.99. The van der Waals surface area contributed by atoms with E-state index in [1.165, 1.54) is 4.90 Å². The number of nitrogens with zero attached hydrogens (tertiary/aromatic N) is 1. The second-order valence-corrected chi connectivity index (χ2v) is 6.83. The SMILES string of the molecule is CC(C)CN(CC(=O)O)C(=O)NC(c1cccs1)C(C)C. The third kappa shape index (κ3) is 5.75. The van der Waals surface area contributed by atoms with Crippen molar-refractivity contribution >= 4 is 23.3 Å². The minimum atomic E-state index is -0.997. The van der Waals surface area contributed by atoms with Gasteiger partial charge in [-0.15, -0.1) is 11.3 Å². The minimum absolute atomic E-state index is 0.0963. The maximum absolute atomic E-state index is 12.4. The van der Waals surface area contributed by atoms with E-state index in [4.69, 9.17) is 5.11 Å². The van der Waals surface area contributed by atoms with Crippen LogP contribution >= 0.6 is 11.3 Å². The highest BCUT2D eigenvalue weighted by atomic mass is 32.1. The fourth-order valence-corrected chi connectivity index (χ4v) is 3.03. The van der Waals surface area contributed by atoms with Gasteiger partial charge in [0.05, 0.1) is 6.04 Å². The van der Waals surface area contributed by atoms with Gasteiger partial charge in [0.2, 0.25) is 0 Å². The van der Waals surface area contributed by atoms with Gasteiger partial charge in [-0.2, -0.15) is 0 Å². The lowest BCUT2D eigenvalue weighted by atomic mass is 10.0. The molecule has 0 spiro atoms. The first-order valence-corrected chi connectivity index (χ1v) is 7.99. The molecule has 1 rings (SSSR count). The number of urea groups is 1. The van der Waals surface area contributed by atoms with Gasteiger partial charge >= 0.3 is 12.0 Å². The van der Waals surface area contributed by atoms with Crippen LogP contribution in [0.3, 0.4) is 0 Å². The second kappa shape index (κ2) is 8.02. The van der Waals surface area contributed by atoms with Crippen LogP contribution in [0.15, 0.2) is 17.5 Å². The van der Waals surface area contributed by atoms with E-state index in [0.29, 0.717) is 6.54 Å². The number of nitrogens with one attached hydrogen (secondary N) is 1. The first-order valence-electron chi connectivity index (χ1n) is 7.11. The number of carbonyl (C=O) groups excluding carboxylic acids is 1. The fourth-order valence-electron chi connectivity index (χ4n) is 2.08. The Morgan fingerprint density at radius 3 is 2.43 bits per heavy atom. The standard InChI is InChI=1S/C15H24N2O3S/c1-10(2)8-17(9-13(18)19)15(20)16-14(11(3)4)12-6-5-7-21-12/h5-7,10-11,14H,8-9H2,1-4H3,(H,16,20)(H,18,19). The predicted octanol–water partition coefficient (Wildman–Crippen LogP) is 3.20. The number of hydrogen-bond acceptors (Lipinski definition) is 3. The summed E-state index contributed by atoms with van der Waals surface area (Å²) in [5.74, 6) is -0.546. The Morgan fingerprint density at radius 2 is 2.00 bits per heavy atom. The van der Waals surface area contributed by atoms with Crippen LogP contribution in [0.1, 0.15) is 38.6 Å². The summed E-state index contributed by atoms with van der Waals surface area (Å²) in [5, 5.41) is 13.9. The van der Waals surface area contributed by atoms with Crippen LogP contribution in [0.2, 0.25) is 0 Å². The molecule has 0 bridgehead atoms. The summed E-state index contributed by atoms with van der Waals surface area (Å²) in [6.07, 6.45) is 0. The molecule has 0 aliphatic carbocycles. The largest absolute Gasteiger partial charge is 0.480 e. The quantitative estimate of drug-likeness (QED) is 0.812. The van der Waals surface area contributed by atoms with Crippen LogP contribution in [-0.4, -0.2) is 35.1 Å². The van der Waals surface area contributed by atoms with E-state index in [1.807, 2.05) is 45.2 Å². The zero-order valence-corrected chi connectivity index (χ0v) is 13.8. The zero-order chi connectivity index (χ0) is 16.0. The van der Waals surface area contributed by atoms with E-state index < -0.39 is 5.97 Å². The molecule has 0 aliphatic rings. The van der Waals surface area contributed by atoms with Crippen LogP contribution in [-0.2, 0) is 4.79 Å². The molecule has 0 fully saturated rings. The number of carbonyl (C=O) groups is 2. The molecule has 0 saturated heterocycles. The Labute approximate surface area is 130 Å². The lowest BCUT2D eigenvalue weighted by Gasteiger charge is -2.28. The van der Waals surface area contributed by atoms with Gasteiger partial charge in [0.25, 0.3) is 0 Å². The molecule has 2 N–H and O–H groups in total. The molecule has 6 heteroatoms. The van der Waals surface area contributed by atoms with Gasteiger partial charge in [-0.3, -0.25) is 4.79 Å². The topological polar surface area (TPSA) is 69.6 Å². The van der Waals surface area contributed by atoms with Crippen LogP contribution in [0, 0.1) is 11.8 Å². The number of amides is 2. The van der Waals surface area contributed by atoms with Crippen LogP contribution in [0.4, 0.5) is 4.79 Å². The molecular formula is C15H24N2O3S. The Bertz CT molecular complexity index is 457. The van der Waals surface area contributed by atoms with E-state index >= 15 is 0 Å². The van der Waals surface area contributed by atoms with E-state index in [2.05, 4.69) is 5.32 Å². The molecule has 0 saturated carbocycles. The summed E-state index contributed by atoms with van der Waals surface area (Å²) in [4.78, 5) is 25.7. The maximum atomic E-state index is 12.4. The number of carboxylic acids is 1. The normalized spacial score (nSPS) is 12.5. The number of aliphatic carboxylic acids is 1. The van der Waals surface area contributed by atoms with Gasteiger partial charge in [0.1, 0.15) is 6.54 Å². The Hall–Kier alpha value is -1.56. The summed E-state index contributed by atoms with van der Waals surface area (Å²) in [7, 11) is 0. The predicted molar refractivity (Wildman–Crippen MR) is 84.5 cm³/mol. The van der Waals surface area contributed by atoms with E-state index in [-0.39, 0.29) is 30.5 Å². The van der Waals surface area contributed by atoms with Crippen molar-refractivity contribution in [1.29, 1.82) is 0 Å². The van der Waals surface area contributed by atoms with Crippen molar-refractivity contribution in [3.05, 3.63) is 22.4 Å². The number of rotatable bonds is 7. The van der Waals surface area contributed by atoms with Crippen molar-refractivity contribution in [3.8, 4) is 0 Å². The molecule has 0 aromatic carbocycles. The number of carboxylic acid groups (broad SMARTS) is 1. The zero-order valence-electron chi connectivity index (χ0n) is 13.0. The van der Waals surface area contributed by atoms with Gasteiger partial charge in [-0.1, -0.05) is 33.8 Å². The molecule has 1 aromatic heterocycles. The molecule has 2 amide bonds. The van der Waals surface area contributed by atoms with Crippen LogP contribution in [0.5, 0.6) is 0 Å². The summed E-state index contributed by atoms with van der Waals surface area (Å²) in [5.41, 5.74) is 0. The molecule has 5 nitrogen and oxygen atoms in total. The van der Waals surface area contributed by atoms with Crippen molar-refractivity contribution < 1.29 is 14.7 Å². The van der Waals surface area contributed by atoms with Crippen molar-refractivity contribution in [3.63, 3.8) is 0 Å². The molecule has 118 valence electrons. The third-order valence-corrected chi connectivity index (χ3v) is 3.95. The number of hydrogen-bond donors (Lipinski definition) is 2.